The zero-order chi connectivity index (χ0) is 12.4. The highest BCUT2D eigenvalue weighted by Gasteiger charge is 2.29. The zero-order valence-corrected chi connectivity index (χ0v) is 10.6. The SMILES string of the molecule is Cl.NCC1CCC(=O)N1Cc1cc(F)cc(F)c1. The molecule has 1 aliphatic heterocycles. The molecular weight excluding hydrogens is 262 g/mol. The predicted octanol–water partition coefficient (Wildman–Crippen LogP) is 1.84. The Morgan fingerprint density at radius 3 is 2.44 bits per heavy atom. The largest absolute Gasteiger partial charge is 0.334 e. The van der Waals surface area contributed by atoms with Gasteiger partial charge in [-0.1, -0.05) is 0 Å². The average molecular weight is 277 g/mol. The second kappa shape index (κ2) is 6.11. The van der Waals surface area contributed by atoms with Gasteiger partial charge >= 0.3 is 0 Å². The number of carbonyl (C=O) groups is 1. The molecule has 18 heavy (non-hydrogen) atoms. The zero-order valence-electron chi connectivity index (χ0n) is 9.73. The molecule has 1 aromatic carbocycles. The van der Waals surface area contributed by atoms with Crippen LogP contribution in [0.4, 0.5) is 8.78 Å². The smallest absolute Gasteiger partial charge is 0.223 e. The number of nitrogens with two attached hydrogens (primary N) is 1. The number of rotatable bonds is 3. The molecule has 100 valence electrons. The lowest BCUT2D eigenvalue weighted by Crippen LogP contribution is -2.37. The molecule has 0 aromatic heterocycles. The minimum Gasteiger partial charge on any atom is -0.334 e. The molecule has 1 atom stereocenters. The summed E-state index contributed by atoms with van der Waals surface area (Å²) in [5.41, 5.74) is 6.01. The van der Waals surface area contributed by atoms with Crippen LogP contribution >= 0.6 is 12.4 Å². The second-order valence-corrected chi connectivity index (χ2v) is 4.23. The van der Waals surface area contributed by atoms with Crippen molar-refractivity contribution in [2.75, 3.05) is 6.54 Å². The van der Waals surface area contributed by atoms with Gasteiger partial charge in [-0.05, 0) is 24.1 Å². The van der Waals surface area contributed by atoms with Gasteiger partial charge in [-0.15, -0.1) is 12.4 Å². The highest BCUT2D eigenvalue weighted by Crippen LogP contribution is 2.21. The van der Waals surface area contributed by atoms with E-state index in [4.69, 9.17) is 5.73 Å². The third-order valence-electron chi connectivity index (χ3n) is 3.00. The molecule has 1 aliphatic rings. The molecule has 1 aromatic rings. The van der Waals surface area contributed by atoms with Crippen LogP contribution < -0.4 is 5.73 Å². The number of hydrogen-bond donors (Lipinski definition) is 1. The number of halogens is 3. The summed E-state index contributed by atoms with van der Waals surface area (Å²) < 4.78 is 26.0. The Morgan fingerprint density at radius 2 is 1.89 bits per heavy atom. The van der Waals surface area contributed by atoms with Crippen LogP contribution in [-0.2, 0) is 11.3 Å². The molecule has 0 aliphatic carbocycles. The first-order valence-electron chi connectivity index (χ1n) is 5.54. The third-order valence-corrected chi connectivity index (χ3v) is 3.00. The van der Waals surface area contributed by atoms with E-state index in [2.05, 4.69) is 0 Å². The van der Waals surface area contributed by atoms with Crippen molar-refractivity contribution in [2.24, 2.45) is 5.73 Å². The van der Waals surface area contributed by atoms with E-state index in [1.807, 2.05) is 0 Å². The summed E-state index contributed by atoms with van der Waals surface area (Å²) >= 11 is 0. The summed E-state index contributed by atoms with van der Waals surface area (Å²) in [4.78, 5) is 13.2. The van der Waals surface area contributed by atoms with Gasteiger partial charge < -0.3 is 10.6 Å². The van der Waals surface area contributed by atoms with Gasteiger partial charge in [0.2, 0.25) is 5.91 Å². The van der Waals surface area contributed by atoms with Crippen LogP contribution in [0.2, 0.25) is 0 Å². The number of carbonyl (C=O) groups excluding carboxylic acids is 1. The van der Waals surface area contributed by atoms with Crippen molar-refractivity contribution >= 4 is 18.3 Å². The van der Waals surface area contributed by atoms with Crippen LogP contribution in [0.3, 0.4) is 0 Å². The van der Waals surface area contributed by atoms with Gasteiger partial charge in [0.1, 0.15) is 11.6 Å². The van der Waals surface area contributed by atoms with Crippen LogP contribution in [0.15, 0.2) is 18.2 Å². The minimum atomic E-state index is -0.629. The Kier molecular flexibility index (Phi) is 5.04. The maximum atomic E-state index is 13.0. The van der Waals surface area contributed by atoms with E-state index in [1.54, 1.807) is 4.90 Å². The van der Waals surface area contributed by atoms with Crippen molar-refractivity contribution in [3.05, 3.63) is 35.4 Å². The molecule has 0 bridgehead atoms. The number of amides is 1. The van der Waals surface area contributed by atoms with E-state index in [0.29, 0.717) is 24.9 Å². The molecule has 0 radical (unpaired) electrons. The van der Waals surface area contributed by atoms with E-state index >= 15 is 0 Å². The summed E-state index contributed by atoms with van der Waals surface area (Å²) in [6, 6.07) is 3.27. The van der Waals surface area contributed by atoms with Crippen LogP contribution in [0.5, 0.6) is 0 Å². The fourth-order valence-corrected chi connectivity index (χ4v) is 2.15. The summed E-state index contributed by atoms with van der Waals surface area (Å²) in [5, 5.41) is 0. The van der Waals surface area contributed by atoms with E-state index in [0.717, 1.165) is 6.07 Å². The van der Waals surface area contributed by atoms with Crippen LogP contribution in [-0.4, -0.2) is 23.4 Å². The first-order valence-corrected chi connectivity index (χ1v) is 5.54. The third kappa shape index (κ3) is 3.17. The first kappa shape index (κ1) is 14.9. The average Bonchev–Trinajstić information content (AvgIpc) is 2.59. The molecule has 6 heteroatoms. The van der Waals surface area contributed by atoms with Crippen molar-refractivity contribution < 1.29 is 13.6 Å². The van der Waals surface area contributed by atoms with Crippen molar-refractivity contribution in [2.45, 2.75) is 25.4 Å². The molecule has 1 heterocycles. The maximum Gasteiger partial charge on any atom is 0.223 e. The number of likely N-dealkylation sites (tertiary alicyclic amines) is 1. The summed E-state index contributed by atoms with van der Waals surface area (Å²) in [5.74, 6) is -1.27. The highest BCUT2D eigenvalue weighted by atomic mass is 35.5. The molecule has 2 N–H and O–H groups in total. The van der Waals surface area contributed by atoms with Crippen molar-refractivity contribution in [1.82, 2.24) is 4.90 Å². The molecule has 1 unspecified atom stereocenters. The Labute approximate surface area is 110 Å². The fraction of sp³-hybridized carbons (Fsp3) is 0.417. The van der Waals surface area contributed by atoms with Crippen LogP contribution in [0.25, 0.3) is 0 Å². The van der Waals surface area contributed by atoms with Gasteiger partial charge in [0.25, 0.3) is 0 Å². The topological polar surface area (TPSA) is 46.3 Å². The highest BCUT2D eigenvalue weighted by molar-refractivity contribution is 5.85. The standard InChI is InChI=1S/C12H14F2N2O.ClH/c13-9-3-8(4-10(14)5-9)7-16-11(6-15)1-2-12(16)17;/h3-5,11H,1-2,6-7,15H2;1H. The molecule has 1 saturated heterocycles. The summed E-state index contributed by atoms with van der Waals surface area (Å²) in [7, 11) is 0. The number of benzene rings is 1. The van der Waals surface area contributed by atoms with Gasteiger partial charge in [-0.25, -0.2) is 8.78 Å². The quantitative estimate of drug-likeness (QED) is 0.916. The van der Waals surface area contributed by atoms with Gasteiger partial charge in [-0.2, -0.15) is 0 Å². The minimum absolute atomic E-state index is 0. The van der Waals surface area contributed by atoms with E-state index in [1.165, 1.54) is 12.1 Å². The van der Waals surface area contributed by atoms with Crippen LogP contribution in [0, 0.1) is 11.6 Å². The Morgan fingerprint density at radius 1 is 1.28 bits per heavy atom. The molecule has 1 amide bonds. The monoisotopic (exact) mass is 276 g/mol. The predicted molar refractivity (Wildman–Crippen MR) is 66.2 cm³/mol. The molecule has 2 rings (SSSR count). The van der Waals surface area contributed by atoms with Gasteiger partial charge in [0.15, 0.2) is 0 Å². The van der Waals surface area contributed by atoms with Gasteiger partial charge in [-0.3, -0.25) is 4.79 Å². The number of hydrogen-bond acceptors (Lipinski definition) is 2. The van der Waals surface area contributed by atoms with E-state index in [-0.39, 0.29) is 30.9 Å². The molecule has 3 nitrogen and oxygen atoms in total. The fourth-order valence-electron chi connectivity index (χ4n) is 2.15. The first-order chi connectivity index (χ1) is 8.10. The lowest BCUT2D eigenvalue weighted by Gasteiger charge is -2.23. The lowest BCUT2D eigenvalue weighted by molar-refractivity contribution is -0.129. The number of nitrogens with zero attached hydrogens (tertiary/aromatic N) is 1. The van der Waals surface area contributed by atoms with Crippen LogP contribution in [0.1, 0.15) is 18.4 Å². The molecule has 1 fully saturated rings. The molecule has 0 spiro atoms. The lowest BCUT2D eigenvalue weighted by atomic mass is 10.1. The van der Waals surface area contributed by atoms with Crippen molar-refractivity contribution in [3.63, 3.8) is 0 Å². The Bertz CT molecular complexity index is 422. The Balaban J connectivity index is 0.00000162. The molecular formula is C12H15ClF2N2O. The summed E-state index contributed by atoms with van der Waals surface area (Å²) in [6.45, 7) is 0.596. The van der Waals surface area contributed by atoms with Gasteiger partial charge in [0.05, 0.1) is 0 Å². The second-order valence-electron chi connectivity index (χ2n) is 4.23. The van der Waals surface area contributed by atoms with Gasteiger partial charge in [0, 0.05) is 31.6 Å². The van der Waals surface area contributed by atoms with E-state index < -0.39 is 11.6 Å². The van der Waals surface area contributed by atoms with E-state index in [9.17, 15) is 13.6 Å². The van der Waals surface area contributed by atoms with Crippen molar-refractivity contribution in [3.8, 4) is 0 Å². The normalized spacial score (nSPS) is 18.9. The van der Waals surface area contributed by atoms with Crippen molar-refractivity contribution in [1.29, 1.82) is 0 Å². The molecule has 0 saturated carbocycles. The summed E-state index contributed by atoms with van der Waals surface area (Å²) in [6.07, 6.45) is 1.17. The Hall–Kier alpha value is -1.20. The maximum absolute atomic E-state index is 13.0.